The Hall–Kier alpha value is -2.89. The number of anilines is 1. The molecule has 0 bridgehead atoms. The first-order valence-corrected chi connectivity index (χ1v) is 7.70. The van der Waals surface area contributed by atoms with Crippen molar-refractivity contribution in [2.45, 2.75) is 19.4 Å². The number of carbonyl (C=O) groups excluding carboxylic acids is 2. The van der Waals surface area contributed by atoms with E-state index in [1.54, 1.807) is 49.4 Å². The second kappa shape index (κ2) is 8.67. The highest BCUT2D eigenvalue weighted by Gasteiger charge is 2.15. The quantitative estimate of drug-likeness (QED) is 0.762. The van der Waals surface area contributed by atoms with Crippen LogP contribution in [0.2, 0.25) is 0 Å². The third kappa shape index (κ3) is 5.39. The molecule has 2 aromatic rings. The summed E-state index contributed by atoms with van der Waals surface area (Å²) in [6.07, 6.45) is 0.390. The van der Waals surface area contributed by atoms with Crippen LogP contribution in [-0.2, 0) is 11.2 Å². The lowest BCUT2D eigenvalue weighted by molar-refractivity contribution is -0.122. The molecule has 0 radical (unpaired) electrons. The van der Waals surface area contributed by atoms with Crippen LogP contribution >= 0.6 is 0 Å². The highest BCUT2D eigenvalue weighted by atomic mass is 19.1. The highest BCUT2D eigenvalue weighted by molar-refractivity contribution is 5.93. The summed E-state index contributed by atoms with van der Waals surface area (Å²) in [5.41, 5.74) is 1.18. The number of nitrogens with one attached hydrogen (secondary N) is 3. The summed E-state index contributed by atoms with van der Waals surface area (Å²) < 4.78 is 13.5. The molecule has 1 unspecified atom stereocenters. The Balaban J connectivity index is 1.73. The topological polar surface area (TPSA) is 70.2 Å². The van der Waals surface area contributed by atoms with E-state index in [9.17, 15) is 14.0 Å². The number of amides is 3. The van der Waals surface area contributed by atoms with Crippen molar-refractivity contribution in [2.75, 3.05) is 11.9 Å². The average Bonchev–Trinajstić information content (AvgIpc) is 2.57. The Morgan fingerprint density at radius 1 is 1.04 bits per heavy atom. The summed E-state index contributed by atoms with van der Waals surface area (Å²) >= 11 is 0. The molecule has 0 saturated heterocycles. The molecule has 0 saturated carbocycles. The van der Waals surface area contributed by atoms with Gasteiger partial charge in [-0.3, -0.25) is 4.79 Å². The van der Waals surface area contributed by atoms with E-state index in [4.69, 9.17) is 0 Å². The summed E-state index contributed by atoms with van der Waals surface area (Å²) in [6.45, 7) is 1.88. The minimum atomic E-state index is -0.700. The maximum atomic E-state index is 13.5. The molecule has 3 amide bonds. The highest BCUT2D eigenvalue weighted by Crippen LogP contribution is 2.06. The summed E-state index contributed by atoms with van der Waals surface area (Å²) in [7, 11) is 0. The molecule has 0 aromatic heterocycles. The SMILES string of the molecule is CC(NC(=O)Nc1ccccc1)C(=O)NCCc1ccccc1F. The lowest BCUT2D eigenvalue weighted by Gasteiger charge is -2.15. The molecule has 2 rings (SSSR count). The molecule has 5 nitrogen and oxygen atoms in total. The van der Waals surface area contributed by atoms with Crippen molar-refractivity contribution in [3.63, 3.8) is 0 Å². The van der Waals surface area contributed by atoms with Gasteiger partial charge in [-0.05, 0) is 37.1 Å². The van der Waals surface area contributed by atoms with Crippen LogP contribution in [0.25, 0.3) is 0 Å². The molecule has 0 fully saturated rings. The first kappa shape index (κ1) is 17.5. The average molecular weight is 329 g/mol. The lowest BCUT2D eigenvalue weighted by atomic mass is 10.1. The van der Waals surface area contributed by atoms with Gasteiger partial charge in [-0.15, -0.1) is 0 Å². The molecule has 0 aliphatic rings. The van der Waals surface area contributed by atoms with Crippen molar-refractivity contribution in [3.8, 4) is 0 Å². The van der Waals surface area contributed by atoms with Crippen LogP contribution in [0.4, 0.5) is 14.9 Å². The summed E-state index contributed by atoms with van der Waals surface area (Å²) in [5.74, 6) is -0.616. The van der Waals surface area contributed by atoms with Crippen molar-refractivity contribution in [2.24, 2.45) is 0 Å². The number of para-hydroxylation sites is 1. The number of halogens is 1. The second-order valence-corrected chi connectivity index (χ2v) is 5.32. The zero-order valence-corrected chi connectivity index (χ0v) is 13.4. The van der Waals surface area contributed by atoms with Gasteiger partial charge >= 0.3 is 6.03 Å². The van der Waals surface area contributed by atoms with Gasteiger partial charge in [-0.2, -0.15) is 0 Å². The molecule has 0 spiro atoms. The van der Waals surface area contributed by atoms with Crippen molar-refractivity contribution in [3.05, 3.63) is 66.0 Å². The molecule has 0 heterocycles. The van der Waals surface area contributed by atoms with Crippen LogP contribution in [-0.4, -0.2) is 24.5 Å². The van der Waals surface area contributed by atoms with Crippen molar-refractivity contribution < 1.29 is 14.0 Å². The van der Waals surface area contributed by atoms with Crippen LogP contribution in [0.3, 0.4) is 0 Å². The number of hydrogen-bond acceptors (Lipinski definition) is 2. The first-order valence-electron chi connectivity index (χ1n) is 7.70. The number of hydrogen-bond donors (Lipinski definition) is 3. The van der Waals surface area contributed by atoms with Gasteiger partial charge in [0.1, 0.15) is 11.9 Å². The van der Waals surface area contributed by atoms with E-state index in [0.29, 0.717) is 24.2 Å². The number of rotatable bonds is 6. The minimum absolute atomic E-state index is 0.292. The van der Waals surface area contributed by atoms with Crippen LogP contribution in [0, 0.1) is 5.82 Å². The van der Waals surface area contributed by atoms with E-state index in [1.165, 1.54) is 6.07 Å². The Bertz CT molecular complexity index is 692. The van der Waals surface area contributed by atoms with Gasteiger partial charge in [0.15, 0.2) is 0 Å². The van der Waals surface area contributed by atoms with Gasteiger partial charge in [0.05, 0.1) is 0 Å². The summed E-state index contributed by atoms with van der Waals surface area (Å²) in [4.78, 5) is 23.8. The molecule has 0 aliphatic heterocycles. The molecule has 24 heavy (non-hydrogen) atoms. The van der Waals surface area contributed by atoms with E-state index < -0.39 is 12.1 Å². The smallest absolute Gasteiger partial charge is 0.319 e. The zero-order valence-electron chi connectivity index (χ0n) is 13.4. The van der Waals surface area contributed by atoms with E-state index >= 15 is 0 Å². The van der Waals surface area contributed by atoms with Crippen LogP contribution in [0.5, 0.6) is 0 Å². The van der Waals surface area contributed by atoms with E-state index in [1.807, 2.05) is 6.07 Å². The van der Waals surface area contributed by atoms with Gasteiger partial charge in [0.25, 0.3) is 0 Å². The van der Waals surface area contributed by atoms with E-state index in [2.05, 4.69) is 16.0 Å². The molecule has 126 valence electrons. The predicted octanol–water partition coefficient (Wildman–Crippen LogP) is 2.69. The van der Waals surface area contributed by atoms with Crippen molar-refractivity contribution in [1.29, 1.82) is 0 Å². The number of urea groups is 1. The standard InChI is InChI=1S/C18H20FN3O2/c1-13(21-18(24)22-15-8-3-2-4-9-15)17(23)20-12-11-14-7-5-6-10-16(14)19/h2-10,13H,11-12H2,1H3,(H,20,23)(H2,21,22,24). The fraction of sp³-hybridized carbons (Fsp3) is 0.222. The fourth-order valence-electron chi connectivity index (χ4n) is 2.13. The van der Waals surface area contributed by atoms with Crippen LogP contribution in [0.1, 0.15) is 12.5 Å². The third-order valence-electron chi connectivity index (χ3n) is 3.42. The van der Waals surface area contributed by atoms with Crippen molar-refractivity contribution in [1.82, 2.24) is 10.6 Å². The molecular formula is C18H20FN3O2. The maximum Gasteiger partial charge on any atom is 0.319 e. The van der Waals surface area contributed by atoms with Crippen LogP contribution < -0.4 is 16.0 Å². The van der Waals surface area contributed by atoms with Gasteiger partial charge in [-0.1, -0.05) is 36.4 Å². The molecule has 2 aromatic carbocycles. The Morgan fingerprint density at radius 2 is 1.71 bits per heavy atom. The van der Waals surface area contributed by atoms with Crippen LogP contribution in [0.15, 0.2) is 54.6 Å². The van der Waals surface area contributed by atoms with Gasteiger partial charge in [-0.25, -0.2) is 9.18 Å². The molecule has 1 atom stereocenters. The van der Waals surface area contributed by atoms with E-state index in [-0.39, 0.29) is 11.7 Å². The number of benzene rings is 2. The largest absolute Gasteiger partial charge is 0.354 e. The molecule has 0 aliphatic carbocycles. The molecule has 3 N–H and O–H groups in total. The predicted molar refractivity (Wildman–Crippen MR) is 91.2 cm³/mol. The molecular weight excluding hydrogens is 309 g/mol. The zero-order chi connectivity index (χ0) is 17.4. The summed E-state index contributed by atoms with van der Waals surface area (Å²) in [5, 5.41) is 7.87. The Kier molecular flexibility index (Phi) is 6.31. The maximum absolute atomic E-state index is 13.5. The minimum Gasteiger partial charge on any atom is -0.354 e. The fourth-order valence-corrected chi connectivity index (χ4v) is 2.13. The monoisotopic (exact) mass is 329 g/mol. The van der Waals surface area contributed by atoms with Gasteiger partial charge < -0.3 is 16.0 Å². The third-order valence-corrected chi connectivity index (χ3v) is 3.42. The normalized spacial score (nSPS) is 11.4. The Labute approximate surface area is 140 Å². The molecule has 6 heteroatoms. The first-order chi connectivity index (χ1) is 11.6. The van der Waals surface area contributed by atoms with Gasteiger partial charge in [0, 0.05) is 12.2 Å². The van der Waals surface area contributed by atoms with Crippen molar-refractivity contribution >= 4 is 17.6 Å². The number of carbonyl (C=O) groups is 2. The summed E-state index contributed by atoms with van der Waals surface area (Å²) in [6, 6.07) is 14.2. The second-order valence-electron chi connectivity index (χ2n) is 5.32. The van der Waals surface area contributed by atoms with Gasteiger partial charge in [0.2, 0.25) is 5.91 Å². The van der Waals surface area contributed by atoms with E-state index in [0.717, 1.165) is 0 Å². The Morgan fingerprint density at radius 3 is 2.42 bits per heavy atom. The lowest BCUT2D eigenvalue weighted by Crippen LogP contribution is -2.46.